The van der Waals surface area contributed by atoms with Gasteiger partial charge in [-0.15, -0.1) is 0 Å². The second-order valence-corrected chi connectivity index (χ2v) is 12.9. The van der Waals surface area contributed by atoms with Gasteiger partial charge in [0.25, 0.3) is 5.91 Å². The number of allylic oxidation sites excluding steroid dienone is 1. The van der Waals surface area contributed by atoms with Crippen LogP contribution in [0.4, 0.5) is 14.5 Å². The number of hydrogen-bond acceptors (Lipinski definition) is 6. The number of nitrogens with one attached hydrogen (secondary N) is 4. The van der Waals surface area contributed by atoms with Crippen LogP contribution < -0.4 is 21.3 Å². The molecule has 2 saturated heterocycles. The van der Waals surface area contributed by atoms with Crippen molar-refractivity contribution in [2.24, 2.45) is 5.92 Å². The average molecular weight is 659 g/mol. The zero-order valence-electron chi connectivity index (χ0n) is 26.8. The Morgan fingerprint density at radius 3 is 2.65 bits per heavy atom. The van der Waals surface area contributed by atoms with Crippen LogP contribution >= 0.6 is 0 Å². The molecule has 2 aromatic carbocycles. The van der Waals surface area contributed by atoms with Gasteiger partial charge < -0.3 is 26.2 Å². The van der Waals surface area contributed by atoms with E-state index in [-0.39, 0.29) is 30.6 Å². The number of halogens is 2. The third kappa shape index (κ3) is 8.04. The lowest BCUT2D eigenvalue weighted by molar-refractivity contribution is -0.138. The van der Waals surface area contributed by atoms with Gasteiger partial charge in [0.15, 0.2) is 0 Å². The summed E-state index contributed by atoms with van der Waals surface area (Å²) in [5.74, 6) is -1.74. The Bertz CT molecular complexity index is 1740. The Morgan fingerprint density at radius 1 is 1.04 bits per heavy atom. The molecule has 0 radical (unpaired) electrons. The molecule has 4 amide bonds. The molecule has 3 aliphatic rings. The van der Waals surface area contributed by atoms with Crippen LogP contribution in [0.25, 0.3) is 17.0 Å². The van der Waals surface area contributed by atoms with E-state index in [1.807, 2.05) is 31.2 Å². The van der Waals surface area contributed by atoms with Crippen molar-refractivity contribution in [2.75, 3.05) is 25.0 Å². The smallest absolute Gasteiger partial charge is 0.270 e. The Hall–Kier alpha value is -4.71. The van der Waals surface area contributed by atoms with Gasteiger partial charge in [-0.2, -0.15) is 0 Å². The maximum atomic E-state index is 14.7. The molecule has 4 atom stereocenters. The van der Waals surface area contributed by atoms with Crippen LogP contribution in [0.5, 0.6) is 0 Å². The van der Waals surface area contributed by atoms with Crippen LogP contribution in [-0.2, 0) is 14.4 Å². The maximum absolute atomic E-state index is 14.7. The highest BCUT2D eigenvalue weighted by Gasteiger charge is 2.40. The number of aromatic nitrogens is 1. The van der Waals surface area contributed by atoms with Gasteiger partial charge in [-0.25, -0.2) is 13.8 Å². The molecule has 3 aromatic rings. The van der Waals surface area contributed by atoms with E-state index >= 15 is 0 Å². The van der Waals surface area contributed by atoms with E-state index in [2.05, 4.69) is 32.3 Å². The number of nitrogens with zero attached hydrogens (tertiary/aromatic N) is 2. The predicted octanol–water partition coefficient (Wildman–Crippen LogP) is 4.42. The van der Waals surface area contributed by atoms with E-state index in [0.29, 0.717) is 22.5 Å². The third-order valence-corrected chi connectivity index (χ3v) is 9.13. The fourth-order valence-electron chi connectivity index (χ4n) is 6.28. The molecule has 10 nitrogen and oxygen atoms in total. The number of carbonyl (C=O) groups is 4. The van der Waals surface area contributed by atoms with Crippen LogP contribution in [-0.4, -0.2) is 71.4 Å². The SMILES string of the molecule is C[C@H](NC(=O)[C@@H]1C[C@@H](F)CN1C(=O)CNC(=O)c1ccc2cc(F)ccc2n1)c1cc(NC(=O)[C@@H]2CCCCN2)ccc1/C=C/C1CC1. The summed E-state index contributed by atoms with van der Waals surface area (Å²) in [6.45, 7) is 1.89. The summed E-state index contributed by atoms with van der Waals surface area (Å²) in [5, 5.41) is 12.2. The third-order valence-electron chi connectivity index (χ3n) is 9.13. The van der Waals surface area contributed by atoms with Gasteiger partial charge in [-0.05, 0) is 92.6 Å². The molecular formula is C36H40F2N6O4. The molecule has 12 heteroatoms. The first-order valence-corrected chi connectivity index (χ1v) is 16.6. The molecule has 48 heavy (non-hydrogen) atoms. The summed E-state index contributed by atoms with van der Waals surface area (Å²) in [5.41, 5.74) is 2.73. The minimum atomic E-state index is -1.40. The number of fused-ring (bicyclic) bond motifs is 1. The first kappa shape index (κ1) is 33.2. The highest BCUT2D eigenvalue weighted by atomic mass is 19.1. The van der Waals surface area contributed by atoms with Gasteiger partial charge in [-0.3, -0.25) is 19.2 Å². The second kappa shape index (κ2) is 14.6. The first-order valence-electron chi connectivity index (χ1n) is 16.6. The highest BCUT2D eigenvalue weighted by Crippen LogP contribution is 2.32. The van der Waals surface area contributed by atoms with Gasteiger partial charge in [0.2, 0.25) is 17.7 Å². The zero-order valence-corrected chi connectivity index (χ0v) is 26.8. The zero-order chi connectivity index (χ0) is 33.8. The lowest BCUT2D eigenvalue weighted by atomic mass is 9.98. The van der Waals surface area contributed by atoms with E-state index in [9.17, 15) is 28.0 Å². The van der Waals surface area contributed by atoms with Gasteiger partial charge in [0.05, 0.1) is 30.7 Å². The Morgan fingerprint density at radius 2 is 1.88 bits per heavy atom. The first-order chi connectivity index (χ1) is 23.1. The summed E-state index contributed by atoms with van der Waals surface area (Å²) in [4.78, 5) is 57.8. The van der Waals surface area contributed by atoms with Crippen molar-refractivity contribution in [2.45, 2.75) is 69.7 Å². The molecule has 1 aromatic heterocycles. The van der Waals surface area contributed by atoms with Crippen molar-refractivity contribution in [1.82, 2.24) is 25.8 Å². The topological polar surface area (TPSA) is 133 Å². The summed E-state index contributed by atoms with van der Waals surface area (Å²) in [7, 11) is 0. The molecule has 6 rings (SSSR count). The molecule has 3 fully saturated rings. The number of piperidine rings is 1. The van der Waals surface area contributed by atoms with E-state index in [4.69, 9.17) is 0 Å². The molecule has 0 bridgehead atoms. The van der Waals surface area contributed by atoms with Crippen LogP contribution in [0.3, 0.4) is 0 Å². The van der Waals surface area contributed by atoms with E-state index in [1.165, 1.54) is 24.3 Å². The lowest BCUT2D eigenvalue weighted by Gasteiger charge is -2.26. The van der Waals surface area contributed by atoms with Crippen molar-refractivity contribution in [1.29, 1.82) is 0 Å². The van der Waals surface area contributed by atoms with Crippen LogP contribution in [0.2, 0.25) is 0 Å². The Kier molecular flexibility index (Phi) is 10.1. The fraction of sp³-hybridized carbons (Fsp3) is 0.417. The van der Waals surface area contributed by atoms with E-state index in [1.54, 1.807) is 6.07 Å². The molecule has 1 saturated carbocycles. The molecule has 3 heterocycles. The van der Waals surface area contributed by atoms with Crippen LogP contribution in [0, 0.1) is 11.7 Å². The molecule has 0 spiro atoms. The number of hydrogen-bond donors (Lipinski definition) is 4. The number of amides is 4. The molecule has 4 N–H and O–H groups in total. The van der Waals surface area contributed by atoms with Gasteiger partial charge in [0.1, 0.15) is 23.7 Å². The van der Waals surface area contributed by atoms with E-state index < -0.39 is 48.3 Å². The van der Waals surface area contributed by atoms with E-state index in [0.717, 1.165) is 54.7 Å². The van der Waals surface area contributed by atoms with Crippen LogP contribution in [0.15, 0.2) is 54.6 Å². The number of alkyl halides is 1. The number of rotatable bonds is 10. The standard InChI is InChI=1S/C36H40F2N6O4/c1-21(28-18-27(12-9-23(28)8-7-22-5-6-22)42-35(47)30-4-2-3-15-39-30)41-36(48)32-17-26(38)20-44(32)33(45)19-40-34(46)31-13-10-24-16-25(37)11-14-29(24)43-31/h7-14,16,18,21-22,26,30,32,39H,2-6,15,17,19-20H2,1H3,(H,40,46)(H,41,48)(H,42,47)/b8-7+/t21-,26+,30-,32-/m0/s1. The maximum Gasteiger partial charge on any atom is 0.270 e. The molecule has 252 valence electrons. The van der Waals surface area contributed by atoms with Gasteiger partial charge in [-0.1, -0.05) is 30.7 Å². The summed E-state index contributed by atoms with van der Waals surface area (Å²) in [6.07, 6.45) is 7.67. The lowest BCUT2D eigenvalue weighted by Crippen LogP contribution is -2.49. The monoisotopic (exact) mass is 658 g/mol. The number of pyridine rings is 1. The van der Waals surface area contributed by atoms with Crippen molar-refractivity contribution in [3.63, 3.8) is 0 Å². The number of carbonyl (C=O) groups excluding carboxylic acids is 4. The number of benzene rings is 2. The van der Waals surface area contributed by atoms with Crippen LogP contribution in [0.1, 0.15) is 73.1 Å². The van der Waals surface area contributed by atoms with Gasteiger partial charge in [0, 0.05) is 17.5 Å². The van der Waals surface area contributed by atoms with Crippen molar-refractivity contribution >= 4 is 46.3 Å². The minimum absolute atomic E-state index is 0.0368. The molecule has 2 aliphatic heterocycles. The number of likely N-dealkylation sites (tertiary alicyclic amines) is 1. The normalized spacial score (nSPS) is 21.6. The molecule has 1 aliphatic carbocycles. The highest BCUT2D eigenvalue weighted by molar-refractivity contribution is 5.98. The summed E-state index contributed by atoms with van der Waals surface area (Å²) >= 11 is 0. The average Bonchev–Trinajstić information content (AvgIpc) is 3.84. The van der Waals surface area contributed by atoms with Crippen molar-refractivity contribution in [3.05, 3.63) is 77.2 Å². The van der Waals surface area contributed by atoms with Crippen molar-refractivity contribution in [3.8, 4) is 0 Å². The Labute approximate surface area is 277 Å². The van der Waals surface area contributed by atoms with Crippen molar-refractivity contribution < 1.29 is 28.0 Å². The quantitative estimate of drug-likeness (QED) is 0.255. The minimum Gasteiger partial charge on any atom is -0.348 e. The summed E-state index contributed by atoms with van der Waals surface area (Å²) in [6, 6.07) is 10.7. The second-order valence-electron chi connectivity index (χ2n) is 12.9. The molecule has 0 unspecified atom stereocenters. The predicted molar refractivity (Wildman–Crippen MR) is 178 cm³/mol. The summed E-state index contributed by atoms with van der Waals surface area (Å²) < 4.78 is 28.2. The largest absolute Gasteiger partial charge is 0.348 e. The Balaban J connectivity index is 1.11. The number of anilines is 1. The fourth-order valence-corrected chi connectivity index (χ4v) is 6.28. The molecular weight excluding hydrogens is 618 g/mol. The van der Waals surface area contributed by atoms with Gasteiger partial charge >= 0.3 is 0 Å².